The van der Waals surface area contributed by atoms with Gasteiger partial charge in [0, 0.05) is 42.3 Å². The van der Waals surface area contributed by atoms with Gasteiger partial charge < -0.3 is 4.74 Å². The van der Waals surface area contributed by atoms with Crippen molar-refractivity contribution in [3.05, 3.63) is 88.1 Å². The molecule has 0 radical (unpaired) electrons. The summed E-state index contributed by atoms with van der Waals surface area (Å²) in [4.78, 5) is 43.8. The summed E-state index contributed by atoms with van der Waals surface area (Å²) in [7, 11) is 0. The number of hydrogen-bond acceptors (Lipinski definition) is 5. The molecule has 0 bridgehead atoms. The summed E-state index contributed by atoms with van der Waals surface area (Å²) in [5.41, 5.74) is 1.85. The number of carbonyl (C=O) groups excluding carboxylic acids is 3. The molecule has 1 aromatic carbocycles. The highest BCUT2D eigenvalue weighted by molar-refractivity contribution is 6.27. The summed E-state index contributed by atoms with van der Waals surface area (Å²) in [5, 5.41) is 0. The lowest BCUT2D eigenvalue weighted by Crippen LogP contribution is -2.37. The molecule has 1 aromatic heterocycles. The number of ketones is 3. The molecule has 2 aliphatic carbocycles. The van der Waals surface area contributed by atoms with Crippen LogP contribution in [0, 0.1) is 5.41 Å². The van der Waals surface area contributed by atoms with E-state index in [0.29, 0.717) is 29.7 Å². The van der Waals surface area contributed by atoms with Crippen LogP contribution in [0.15, 0.2) is 71.5 Å². The largest absolute Gasteiger partial charge is 0.457 e. The Morgan fingerprint density at radius 1 is 0.931 bits per heavy atom. The summed E-state index contributed by atoms with van der Waals surface area (Å²) in [6.45, 7) is 4.01. The molecule has 1 unspecified atom stereocenters. The number of aromatic nitrogens is 1. The second kappa shape index (κ2) is 6.08. The fourth-order valence-corrected chi connectivity index (χ4v) is 4.57. The molecule has 0 fully saturated rings. The van der Waals surface area contributed by atoms with Gasteiger partial charge in [-0.1, -0.05) is 44.2 Å². The first kappa shape index (κ1) is 17.7. The van der Waals surface area contributed by atoms with Crippen molar-refractivity contribution in [3.8, 4) is 0 Å². The van der Waals surface area contributed by atoms with Gasteiger partial charge in [0.05, 0.1) is 11.1 Å². The minimum absolute atomic E-state index is 0.0302. The van der Waals surface area contributed by atoms with Gasteiger partial charge in [0.2, 0.25) is 5.78 Å². The van der Waals surface area contributed by atoms with E-state index in [-0.39, 0.29) is 39.7 Å². The Morgan fingerprint density at radius 3 is 2.45 bits per heavy atom. The molecule has 5 rings (SSSR count). The van der Waals surface area contributed by atoms with Crippen molar-refractivity contribution in [2.24, 2.45) is 5.41 Å². The van der Waals surface area contributed by atoms with Gasteiger partial charge in [0.25, 0.3) is 0 Å². The highest BCUT2D eigenvalue weighted by Gasteiger charge is 2.48. The number of carbonyl (C=O) groups is 3. The molecule has 1 aliphatic heterocycles. The van der Waals surface area contributed by atoms with E-state index in [1.165, 1.54) is 12.4 Å². The van der Waals surface area contributed by atoms with Gasteiger partial charge in [-0.3, -0.25) is 19.4 Å². The van der Waals surface area contributed by atoms with Crippen molar-refractivity contribution < 1.29 is 19.1 Å². The van der Waals surface area contributed by atoms with Crippen LogP contribution < -0.4 is 0 Å². The maximum atomic E-state index is 13.4. The lowest BCUT2D eigenvalue weighted by molar-refractivity contribution is -0.119. The highest BCUT2D eigenvalue weighted by Crippen LogP contribution is 2.50. The molecule has 29 heavy (non-hydrogen) atoms. The first-order valence-corrected chi connectivity index (χ1v) is 9.64. The molecule has 0 amide bonds. The SMILES string of the molecule is CC1(C)CC(=O)C2=C(C1)OC1=C(C(=O)c3ccncc3C1=O)C2c1ccccc1. The van der Waals surface area contributed by atoms with Gasteiger partial charge in [0.1, 0.15) is 5.76 Å². The number of rotatable bonds is 1. The molecular weight excluding hydrogens is 366 g/mol. The molecule has 5 nitrogen and oxygen atoms in total. The number of ether oxygens (including phenoxy) is 1. The molecule has 144 valence electrons. The average Bonchev–Trinajstić information content (AvgIpc) is 2.70. The number of allylic oxidation sites excluding steroid dienone is 4. The van der Waals surface area contributed by atoms with Crippen LogP contribution in [0.5, 0.6) is 0 Å². The normalized spacial score (nSPS) is 22.7. The van der Waals surface area contributed by atoms with Crippen molar-refractivity contribution in [1.29, 1.82) is 0 Å². The lowest BCUT2D eigenvalue weighted by Gasteiger charge is -2.39. The Hall–Kier alpha value is -3.34. The summed E-state index contributed by atoms with van der Waals surface area (Å²) in [5.74, 6) is -0.726. The molecule has 0 saturated heterocycles. The Labute approximate surface area is 168 Å². The first-order valence-electron chi connectivity index (χ1n) is 9.64. The number of fused-ring (bicyclic) bond motifs is 1. The van der Waals surface area contributed by atoms with Crippen molar-refractivity contribution >= 4 is 17.3 Å². The molecule has 0 N–H and O–H groups in total. The molecular formula is C24H19NO4. The second-order valence-corrected chi connectivity index (χ2v) is 8.55. The summed E-state index contributed by atoms with van der Waals surface area (Å²) in [6.07, 6.45) is 3.81. The molecule has 1 atom stereocenters. The maximum Gasteiger partial charge on any atom is 0.230 e. The van der Waals surface area contributed by atoms with Gasteiger partial charge in [0.15, 0.2) is 17.3 Å². The molecule has 2 aromatic rings. The number of Topliss-reactive ketones (excluding diaryl/α,β-unsaturated/α-hetero) is 3. The van der Waals surface area contributed by atoms with Crippen molar-refractivity contribution in [3.63, 3.8) is 0 Å². The van der Waals surface area contributed by atoms with Crippen LogP contribution >= 0.6 is 0 Å². The molecule has 0 spiro atoms. The first-order chi connectivity index (χ1) is 13.9. The molecule has 0 saturated carbocycles. The van der Waals surface area contributed by atoms with E-state index in [4.69, 9.17) is 4.74 Å². The van der Waals surface area contributed by atoms with Crippen LogP contribution in [-0.2, 0) is 9.53 Å². The standard InChI is InChI=1S/C24H19NO4/c1-24(2)10-16(26)19-17(11-24)29-23-20(18(19)13-6-4-3-5-7-13)21(27)14-8-9-25-12-15(14)22(23)28/h3-9,12,18H,10-11H2,1-2H3. The zero-order valence-corrected chi connectivity index (χ0v) is 16.2. The van der Waals surface area contributed by atoms with Crippen LogP contribution in [0.1, 0.15) is 58.9 Å². The van der Waals surface area contributed by atoms with Gasteiger partial charge in [-0.15, -0.1) is 0 Å². The van der Waals surface area contributed by atoms with Gasteiger partial charge in [-0.2, -0.15) is 0 Å². The number of benzene rings is 1. The zero-order chi connectivity index (χ0) is 20.3. The predicted molar refractivity (Wildman–Crippen MR) is 105 cm³/mol. The summed E-state index contributed by atoms with van der Waals surface area (Å²) >= 11 is 0. The third-order valence-corrected chi connectivity index (χ3v) is 5.82. The molecule has 3 aliphatic rings. The van der Waals surface area contributed by atoms with Crippen LogP contribution in [-0.4, -0.2) is 22.3 Å². The third-order valence-electron chi connectivity index (χ3n) is 5.82. The highest BCUT2D eigenvalue weighted by atomic mass is 16.5. The topological polar surface area (TPSA) is 73.3 Å². The third kappa shape index (κ3) is 2.61. The smallest absolute Gasteiger partial charge is 0.230 e. The van der Waals surface area contributed by atoms with Crippen LogP contribution in [0.4, 0.5) is 0 Å². The van der Waals surface area contributed by atoms with E-state index in [9.17, 15) is 14.4 Å². The zero-order valence-electron chi connectivity index (χ0n) is 16.2. The Bertz CT molecular complexity index is 1150. The monoisotopic (exact) mass is 385 g/mol. The molecule has 2 heterocycles. The second-order valence-electron chi connectivity index (χ2n) is 8.55. The van der Waals surface area contributed by atoms with Crippen molar-refractivity contribution in [2.75, 3.05) is 0 Å². The average molecular weight is 385 g/mol. The van der Waals surface area contributed by atoms with Gasteiger partial charge >= 0.3 is 0 Å². The van der Waals surface area contributed by atoms with Crippen LogP contribution in [0.25, 0.3) is 0 Å². The summed E-state index contributed by atoms with van der Waals surface area (Å²) in [6, 6.07) is 11.0. The van der Waals surface area contributed by atoms with Gasteiger partial charge in [-0.05, 0) is 17.0 Å². The Morgan fingerprint density at radius 2 is 1.69 bits per heavy atom. The van der Waals surface area contributed by atoms with Crippen LogP contribution in [0.3, 0.4) is 0 Å². The fraction of sp³-hybridized carbons (Fsp3) is 0.250. The van der Waals surface area contributed by atoms with E-state index in [1.807, 2.05) is 44.2 Å². The quantitative estimate of drug-likeness (QED) is 0.737. The minimum atomic E-state index is -0.601. The van der Waals surface area contributed by atoms with E-state index >= 15 is 0 Å². The summed E-state index contributed by atoms with van der Waals surface area (Å²) < 4.78 is 6.03. The van der Waals surface area contributed by atoms with Crippen LogP contribution in [0.2, 0.25) is 0 Å². The number of hydrogen-bond donors (Lipinski definition) is 0. The molecule has 5 heteroatoms. The van der Waals surface area contributed by atoms with E-state index in [0.717, 1.165) is 5.56 Å². The Balaban J connectivity index is 1.76. The van der Waals surface area contributed by atoms with E-state index in [1.54, 1.807) is 6.07 Å². The van der Waals surface area contributed by atoms with E-state index in [2.05, 4.69) is 4.98 Å². The number of nitrogens with zero attached hydrogens (tertiary/aromatic N) is 1. The maximum absolute atomic E-state index is 13.4. The minimum Gasteiger partial charge on any atom is -0.457 e. The lowest BCUT2D eigenvalue weighted by atomic mass is 9.67. The van der Waals surface area contributed by atoms with Crippen molar-refractivity contribution in [2.45, 2.75) is 32.6 Å². The fourth-order valence-electron chi connectivity index (χ4n) is 4.57. The van der Waals surface area contributed by atoms with Gasteiger partial charge in [-0.25, -0.2) is 0 Å². The van der Waals surface area contributed by atoms with E-state index < -0.39 is 5.92 Å². The Kier molecular flexibility index (Phi) is 3.72. The predicted octanol–water partition coefficient (Wildman–Crippen LogP) is 4.17. The number of pyridine rings is 1. The van der Waals surface area contributed by atoms with Crippen molar-refractivity contribution in [1.82, 2.24) is 4.98 Å².